The average Bonchev–Trinajstić information content (AvgIpc) is 2.42. The first-order valence-corrected chi connectivity index (χ1v) is 6.21. The van der Waals surface area contributed by atoms with E-state index >= 15 is 0 Å². The van der Waals surface area contributed by atoms with Gasteiger partial charge in [0.05, 0.1) is 6.04 Å². The van der Waals surface area contributed by atoms with Crippen molar-refractivity contribution in [3.05, 3.63) is 65.0 Å². The minimum absolute atomic E-state index is 0.0172. The van der Waals surface area contributed by atoms with Crippen molar-refractivity contribution >= 4 is 0 Å². The lowest BCUT2D eigenvalue weighted by Crippen LogP contribution is -2.29. The lowest BCUT2D eigenvalue weighted by Gasteiger charge is -2.19. The second kappa shape index (κ2) is 5.76. The van der Waals surface area contributed by atoms with Crippen molar-refractivity contribution in [2.75, 3.05) is 0 Å². The quantitative estimate of drug-likeness (QED) is 0.639. The summed E-state index contributed by atoms with van der Waals surface area (Å²) in [5.41, 5.74) is 7.74. The Kier molecular flexibility index (Phi) is 4.07. The van der Waals surface area contributed by atoms with E-state index in [2.05, 4.69) is 48.5 Å². The summed E-state index contributed by atoms with van der Waals surface area (Å²) in [6, 6.07) is 10.5. The Bertz CT molecular complexity index is 505. The van der Waals surface area contributed by atoms with Crippen LogP contribution in [0.2, 0.25) is 0 Å². The molecule has 1 aromatic carbocycles. The molecule has 3 N–H and O–H groups in total. The maximum absolute atomic E-state index is 5.73. The molecule has 0 spiro atoms. The second-order valence-corrected chi connectivity index (χ2v) is 4.44. The van der Waals surface area contributed by atoms with Crippen molar-refractivity contribution in [1.29, 1.82) is 0 Å². The monoisotopic (exact) mass is 241 g/mol. The van der Waals surface area contributed by atoms with Crippen LogP contribution in [0.4, 0.5) is 0 Å². The molecule has 94 valence electrons. The van der Waals surface area contributed by atoms with Gasteiger partial charge < -0.3 is 0 Å². The minimum atomic E-state index is 0.0172. The molecule has 0 radical (unpaired) electrons. The lowest BCUT2D eigenvalue weighted by atomic mass is 9.95. The van der Waals surface area contributed by atoms with Crippen LogP contribution in [-0.2, 0) is 6.42 Å². The molecule has 0 saturated carbocycles. The summed E-state index contributed by atoms with van der Waals surface area (Å²) in [7, 11) is 0. The van der Waals surface area contributed by atoms with Crippen LogP contribution in [0, 0.1) is 6.92 Å². The van der Waals surface area contributed by atoms with E-state index in [1.807, 2.05) is 18.5 Å². The number of benzene rings is 1. The average molecular weight is 241 g/mol. The molecule has 1 heterocycles. The van der Waals surface area contributed by atoms with Crippen molar-refractivity contribution in [1.82, 2.24) is 10.4 Å². The number of nitrogens with two attached hydrogens (primary N) is 1. The molecule has 18 heavy (non-hydrogen) atoms. The summed E-state index contributed by atoms with van der Waals surface area (Å²) < 4.78 is 0. The Balaban J connectivity index is 2.41. The van der Waals surface area contributed by atoms with Gasteiger partial charge in [-0.2, -0.15) is 0 Å². The molecule has 3 heteroatoms. The number of aryl methyl sites for hydroxylation is 2. The Labute approximate surface area is 108 Å². The number of rotatable bonds is 4. The number of aromatic nitrogens is 1. The summed E-state index contributed by atoms with van der Waals surface area (Å²) in [6.45, 7) is 4.21. The molecule has 0 fully saturated rings. The van der Waals surface area contributed by atoms with Gasteiger partial charge in [0.15, 0.2) is 0 Å². The molecule has 2 rings (SSSR count). The van der Waals surface area contributed by atoms with Gasteiger partial charge in [0.1, 0.15) is 0 Å². The maximum atomic E-state index is 5.73. The fourth-order valence-corrected chi connectivity index (χ4v) is 2.14. The van der Waals surface area contributed by atoms with Gasteiger partial charge in [-0.1, -0.05) is 36.8 Å². The van der Waals surface area contributed by atoms with Gasteiger partial charge in [0, 0.05) is 12.4 Å². The number of nitrogens with one attached hydrogen (secondary N) is 1. The van der Waals surface area contributed by atoms with Crippen molar-refractivity contribution in [2.24, 2.45) is 5.84 Å². The number of hydrogen-bond donors (Lipinski definition) is 2. The zero-order chi connectivity index (χ0) is 13.0. The highest BCUT2D eigenvalue weighted by Crippen LogP contribution is 2.24. The number of hydrazine groups is 1. The summed E-state index contributed by atoms with van der Waals surface area (Å²) in [5.74, 6) is 5.73. The normalized spacial score (nSPS) is 12.4. The van der Waals surface area contributed by atoms with Gasteiger partial charge in [0.25, 0.3) is 0 Å². The van der Waals surface area contributed by atoms with Gasteiger partial charge in [-0.15, -0.1) is 0 Å². The van der Waals surface area contributed by atoms with Crippen LogP contribution in [0.3, 0.4) is 0 Å². The van der Waals surface area contributed by atoms with Gasteiger partial charge in [-0.05, 0) is 36.1 Å². The number of pyridine rings is 1. The van der Waals surface area contributed by atoms with Crippen molar-refractivity contribution in [2.45, 2.75) is 26.3 Å². The van der Waals surface area contributed by atoms with Crippen LogP contribution in [0.5, 0.6) is 0 Å². The van der Waals surface area contributed by atoms with Crippen LogP contribution >= 0.6 is 0 Å². The second-order valence-electron chi connectivity index (χ2n) is 4.44. The third-order valence-electron chi connectivity index (χ3n) is 3.21. The van der Waals surface area contributed by atoms with Crippen LogP contribution < -0.4 is 11.3 Å². The highest BCUT2D eigenvalue weighted by atomic mass is 15.2. The maximum Gasteiger partial charge on any atom is 0.0713 e. The highest BCUT2D eigenvalue weighted by Gasteiger charge is 2.15. The lowest BCUT2D eigenvalue weighted by molar-refractivity contribution is 0.630. The molecule has 0 aliphatic heterocycles. The molecule has 1 atom stereocenters. The fraction of sp³-hybridized carbons (Fsp3) is 0.267. The molecule has 0 aliphatic rings. The van der Waals surface area contributed by atoms with Crippen LogP contribution in [0.1, 0.15) is 35.2 Å². The van der Waals surface area contributed by atoms with E-state index in [1.165, 1.54) is 22.3 Å². The smallest absolute Gasteiger partial charge is 0.0713 e. The third-order valence-corrected chi connectivity index (χ3v) is 3.21. The molecule has 3 nitrogen and oxygen atoms in total. The molecule has 0 bridgehead atoms. The zero-order valence-electron chi connectivity index (χ0n) is 10.9. The number of nitrogens with zero attached hydrogens (tertiary/aromatic N) is 1. The van der Waals surface area contributed by atoms with Crippen molar-refractivity contribution in [3.63, 3.8) is 0 Å². The zero-order valence-corrected chi connectivity index (χ0v) is 10.9. The third kappa shape index (κ3) is 2.58. The Morgan fingerprint density at radius 2 is 1.94 bits per heavy atom. The SMILES string of the molecule is CCc1cnccc1C(NN)c1ccc(C)cc1. The molecule has 1 unspecified atom stereocenters. The van der Waals surface area contributed by atoms with Crippen molar-refractivity contribution < 1.29 is 0 Å². The predicted molar refractivity (Wildman–Crippen MR) is 74.0 cm³/mol. The first-order chi connectivity index (χ1) is 8.76. The van der Waals surface area contributed by atoms with Crippen LogP contribution in [0.25, 0.3) is 0 Å². The standard InChI is InChI=1S/C15H19N3/c1-3-12-10-17-9-8-14(12)15(18-16)13-6-4-11(2)5-7-13/h4-10,15,18H,3,16H2,1-2H3. The van der Waals surface area contributed by atoms with Crippen LogP contribution in [0.15, 0.2) is 42.7 Å². The largest absolute Gasteiger partial charge is 0.271 e. The van der Waals surface area contributed by atoms with E-state index in [0.29, 0.717) is 0 Å². The first kappa shape index (κ1) is 12.7. The van der Waals surface area contributed by atoms with E-state index in [0.717, 1.165) is 6.42 Å². The highest BCUT2D eigenvalue weighted by molar-refractivity contribution is 5.36. The predicted octanol–water partition coefficient (Wildman–Crippen LogP) is 2.51. The minimum Gasteiger partial charge on any atom is -0.271 e. The Hall–Kier alpha value is -1.71. The van der Waals surface area contributed by atoms with E-state index in [1.54, 1.807) is 0 Å². The van der Waals surface area contributed by atoms with E-state index < -0.39 is 0 Å². The fourth-order valence-electron chi connectivity index (χ4n) is 2.14. The van der Waals surface area contributed by atoms with Crippen molar-refractivity contribution in [3.8, 4) is 0 Å². The van der Waals surface area contributed by atoms with Crippen LogP contribution in [-0.4, -0.2) is 4.98 Å². The van der Waals surface area contributed by atoms with Gasteiger partial charge in [-0.3, -0.25) is 10.8 Å². The molecular weight excluding hydrogens is 222 g/mol. The molecular formula is C15H19N3. The topological polar surface area (TPSA) is 50.9 Å². The molecule has 2 aromatic rings. The molecule has 1 aromatic heterocycles. The molecule has 0 amide bonds. The van der Waals surface area contributed by atoms with Gasteiger partial charge in [0.2, 0.25) is 0 Å². The summed E-state index contributed by atoms with van der Waals surface area (Å²) >= 11 is 0. The summed E-state index contributed by atoms with van der Waals surface area (Å²) in [6.07, 6.45) is 4.67. The molecule has 0 saturated heterocycles. The van der Waals surface area contributed by atoms with Gasteiger partial charge >= 0.3 is 0 Å². The summed E-state index contributed by atoms with van der Waals surface area (Å²) in [4.78, 5) is 4.17. The Morgan fingerprint density at radius 3 is 2.56 bits per heavy atom. The molecule has 0 aliphatic carbocycles. The van der Waals surface area contributed by atoms with Gasteiger partial charge in [-0.25, -0.2) is 5.43 Å². The van der Waals surface area contributed by atoms with E-state index in [-0.39, 0.29) is 6.04 Å². The first-order valence-electron chi connectivity index (χ1n) is 6.21. The van der Waals surface area contributed by atoms with E-state index in [4.69, 9.17) is 5.84 Å². The number of hydrogen-bond acceptors (Lipinski definition) is 3. The Morgan fingerprint density at radius 1 is 1.22 bits per heavy atom. The van der Waals surface area contributed by atoms with E-state index in [9.17, 15) is 0 Å². The summed E-state index contributed by atoms with van der Waals surface area (Å²) in [5, 5.41) is 0.